The molecular weight excluding hydrogens is 572 g/mol. The molecule has 3 aromatic rings. The van der Waals surface area contributed by atoms with Gasteiger partial charge >= 0.3 is 4.87 Å². The van der Waals surface area contributed by atoms with Crippen molar-refractivity contribution in [2.45, 2.75) is 22.7 Å². The number of anilines is 1. The summed E-state index contributed by atoms with van der Waals surface area (Å²) in [5.41, 5.74) is 0.797. The molecule has 2 fully saturated rings. The molecule has 212 valence electrons. The van der Waals surface area contributed by atoms with Crippen LogP contribution in [0.2, 0.25) is 0 Å². The largest absolute Gasteiger partial charge is 0.497 e. The molecule has 0 aliphatic carbocycles. The van der Waals surface area contributed by atoms with Crippen molar-refractivity contribution in [1.82, 2.24) is 9.47 Å². The van der Waals surface area contributed by atoms with E-state index in [0.717, 1.165) is 33.6 Å². The first-order valence-corrected chi connectivity index (χ1v) is 14.5. The molecule has 0 radical (unpaired) electrons. The topological polar surface area (TPSA) is 141 Å². The van der Waals surface area contributed by atoms with E-state index in [1.54, 1.807) is 36.3 Å². The number of imide groups is 1. The molecule has 0 N–H and O–H groups in total. The number of thioether (sulfide) groups is 1. The predicted octanol–water partition coefficient (Wildman–Crippen LogP) is 2.48. The van der Waals surface area contributed by atoms with Crippen LogP contribution in [-0.4, -0.2) is 70.8 Å². The second-order valence-corrected chi connectivity index (χ2v) is 11.8. The van der Waals surface area contributed by atoms with Crippen molar-refractivity contribution < 1.29 is 28.8 Å². The van der Waals surface area contributed by atoms with Gasteiger partial charge in [0.05, 0.1) is 41.9 Å². The summed E-state index contributed by atoms with van der Waals surface area (Å²) in [7, 11) is 1.54. The lowest BCUT2D eigenvalue weighted by Crippen LogP contribution is -2.43. The molecule has 0 unspecified atom stereocenters. The Morgan fingerprint density at radius 2 is 1.73 bits per heavy atom. The van der Waals surface area contributed by atoms with Crippen LogP contribution in [0.4, 0.5) is 11.4 Å². The number of morpholine rings is 1. The smallest absolute Gasteiger partial charge is 0.308 e. The molecule has 4 heterocycles. The third-order valence-corrected chi connectivity index (χ3v) is 10.1. The van der Waals surface area contributed by atoms with Gasteiger partial charge in [-0.15, -0.1) is 0 Å². The van der Waals surface area contributed by atoms with Crippen molar-refractivity contribution in [1.29, 1.82) is 0 Å². The fraction of sp³-hybridized carbons (Fsp3) is 0.333. The van der Waals surface area contributed by atoms with E-state index >= 15 is 0 Å². The predicted molar refractivity (Wildman–Crippen MR) is 150 cm³/mol. The van der Waals surface area contributed by atoms with Crippen LogP contribution in [0, 0.1) is 16.0 Å². The number of amides is 3. The summed E-state index contributed by atoms with van der Waals surface area (Å²) in [5.74, 6) is -2.00. The lowest BCUT2D eigenvalue weighted by molar-refractivity contribution is -0.384. The average Bonchev–Trinajstić information content (AvgIpc) is 3.43. The highest BCUT2D eigenvalue weighted by Crippen LogP contribution is 2.54. The molecule has 14 heteroatoms. The molecular formula is C27H24N4O8S2. The van der Waals surface area contributed by atoms with Gasteiger partial charge in [0.25, 0.3) is 5.69 Å². The van der Waals surface area contributed by atoms with Gasteiger partial charge < -0.3 is 14.4 Å². The van der Waals surface area contributed by atoms with Crippen molar-refractivity contribution in [3.8, 4) is 5.75 Å². The van der Waals surface area contributed by atoms with Gasteiger partial charge in [-0.25, -0.2) is 4.90 Å². The number of nitro benzene ring substituents is 1. The van der Waals surface area contributed by atoms with Gasteiger partial charge in [0.15, 0.2) is 0 Å². The first-order valence-electron chi connectivity index (χ1n) is 12.8. The molecule has 0 bridgehead atoms. The van der Waals surface area contributed by atoms with Gasteiger partial charge in [0.2, 0.25) is 17.7 Å². The lowest BCUT2D eigenvalue weighted by atomic mass is 9.83. The molecule has 2 aromatic carbocycles. The number of hydrogen-bond acceptors (Lipinski definition) is 10. The van der Waals surface area contributed by atoms with Crippen LogP contribution >= 0.6 is 23.1 Å². The normalized spacial score (nSPS) is 21.9. The van der Waals surface area contributed by atoms with Gasteiger partial charge in [-0.3, -0.25) is 33.9 Å². The Bertz CT molecular complexity index is 1590. The van der Waals surface area contributed by atoms with Gasteiger partial charge in [-0.2, -0.15) is 0 Å². The van der Waals surface area contributed by atoms with Gasteiger partial charge in [0.1, 0.15) is 17.5 Å². The molecule has 3 amide bonds. The zero-order valence-electron chi connectivity index (χ0n) is 21.8. The Morgan fingerprint density at radius 3 is 2.37 bits per heavy atom. The highest BCUT2D eigenvalue weighted by Gasteiger charge is 2.57. The monoisotopic (exact) mass is 596 g/mol. The van der Waals surface area contributed by atoms with Crippen LogP contribution < -0.4 is 14.5 Å². The maximum Gasteiger partial charge on any atom is 0.308 e. The summed E-state index contributed by atoms with van der Waals surface area (Å²) >= 11 is 2.10. The Kier molecular flexibility index (Phi) is 7.13. The number of carbonyl (C=O) groups is 3. The Morgan fingerprint density at radius 1 is 1.05 bits per heavy atom. The number of non-ortho nitro benzene ring substituents is 1. The summed E-state index contributed by atoms with van der Waals surface area (Å²) in [4.78, 5) is 67.7. The van der Waals surface area contributed by atoms with Crippen molar-refractivity contribution in [2.24, 2.45) is 5.92 Å². The minimum atomic E-state index is -0.865. The fourth-order valence-corrected chi connectivity index (χ4v) is 8.22. The van der Waals surface area contributed by atoms with Crippen molar-refractivity contribution in [2.75, 3.05) is 38.3 Å². The Balaban J connectivity index is 1.42. The first-order chi connectivity index (χ1) is 19.8. The van der Waals surface area contributed by atoms with Crippen molar-refractivity contribution >= 4 is 52.2 Å². The molecule has 41 heavy (non-hydrogen) atoms. The lowest BCUT2D eigenvalue weighted by Gasteiger charge is -2.31. The van der Waals surface area contributed by atoms with Crippen LogP contribution in [0.1, 0.15) is 16.4 Å². The summed E-state index contributed by atoms with van der Waals surface area (Å²) in [6.07, 6.45) is 0. The summed E-state index contributed by atoms with van der Waals surface area (Å²) in [5, 5.41) is 10.8. The van der Waals surface area contributed by atoms with Crippen LogP contribution in [-0.2, 0) is 25.7 Å². The van der Waals surface area contributed by atoms with Gasteiger partial charge in [-0.1, -0.05) is 35.2 Å². The number of fused-ring (bicyclic) bond motifs is 2. The Labute approximate surface area is 241 Å². The van der Waals surface area contributed by atoms with E-state index in [-0.39, 0.29) is 28.7 Å². The molecule has 0 saturated carbocycles. The minimum absolute atomic E-state index is 0.160. The van der Waals surface area contributed by atoms with Crippen LogP contribution in [0.25, 0.3) is 0 Å². The van der Waals surface area contributed by atoms with E-state index in [0.29, 0.717) is 42.0 Å². The maximum absolute atomic E-state index is 13.9. The number of nitrogens with zero attached hydrogens (tertiary/aromatic N) is 4. The molecule has 3 atom stereocenters. The van der Waals surface area contributed by atoms with Gasteiger partial charge in [0, 0.05) is 36.0 Å². The number of nitro groups is 1. The molecule has 12 nitrogen and oxygen atoms in total. The quantitative estimate of drug-likeness (QED) is 0.238. The van der Waals surface area contributed by atoms with Crippen LogP contribution in [0.15, 0.2) is 58.4 Å². The zero-order valence-corrected chi connectivity index (χ0v) is 23.4. The number of carbonyl (C=O) groups excluding carboxylic acids is 3. The number of methoxy groups -OCH3 is 1. The third-order valence-electron chi connectivity index (χ3n) is 7.50. The number of hydrogen-bond donors (Lipinski definition) is 0. The highest BCUT2D eigenvalue weighted by molar-refractivity contribution is 8.00. The SMILES string of the molecule is COc1ccc([C@@H]2c3sc(=O)n(CC(=O)N4CCOCC4)c3S[C@H]3C(=O)N(c4ccc([N+](=O)[O-])cc4)C(=O)[C@@H]23)cc1. The number of thiazole rings is 1. The summed E-state index contributed by atoms with van der Waals surface area (Å²) < 4.78 is 12.0. The molecule has 3 aliphatic rings. The second kappa shape index (κ2) is 10.8. The number of aromatic nitrogens is 1. The molecule has 2 saturated heterocycles. The standard InChI is InChI=1S/C27H24N4O8S2/c1-38-18-8-2-15(3-9-18)20-21-22(25(34)30(24(21)33)16-4-6-17(7-5-16)31(36)37)40-26-23(20)41-27(35)29(26)14-19(32)28-10-12-39-13-11-28/h2-9,20-22H,10-14H2,1H3/t20-,21-,22+/m0/s1. The van der Waals surface area contributed by atoms with Crippen LogP contribution in [0.3, 0.4) is 0 Å². The number of benzene rings is 2. The maximum atomic E-state index is 13.9. The van der Waals surface area contributed by atoms with E-state index in [9.17, 15) is 29.3 Å². The van der Waals surface area contributed by atoms with Crippen molar-refractivity contribution in [3.63, 3.8) is 0 Å². The average molecular weight is 597 g/mol. The minimum Gasteiger partial charge on any atom is -0.497 e. The zero-order chi connectivity index (χ0) is 28.8. The van der Waals surface area contributed by atoms with E-state index in [2.05, 4.69) is 0 Å². The van der Waals surface area contributed by atoms with E-state index in [1.165, 1.54) is 28.8 Å². The number of ether oxygens (including phenoxy) is 2. The molecule has 0 spiro atoms. The molecule has 6 rings (SSSR count). The van der Waals surface area contributed by atoms with Crippen molar-refractivity contribution in [3.05, 3.63) is 78.8 Å². The van der Waals surface area contributed by atoms with Crippen LogP contribution in [0.5, 0.6) is 5.75 Å². The number of rotatable bonds is 6. The fourth-order valence-electron chi connectivity index (χ4n) is 5.45. The second-order valence-electron chi connectivity index (χ2n) is 9.72. The molecule has 1 aromatic heterocycles. The van der Waals surface area contributed by atoms with E-state index in [4.69, 9.17) is 9.47 Å². The Hall–Kier alpha value is -4.01. The first kappa shape index (κ1) is 27.2. The summed E-state index contributed by atoms with van der Waals surface area (Å²) in [6, 6.07) is 12.4. The van der Waals surface area contributed by atoms with E-state index in [1.807, 2.05) is 0 Å². The van der Waals surface area contributed by atoms with Gasteiger partial charge in [-0.05, 0) is 29.8 Å². The third kappa shape index (κ3) is 4.71. The highest BCUT2D eigenvalue weighted by atomic mass is 32.2. The van der Waals surface area contributed by atoms with E-state index < -0.39 is 33.8 Å². The molecule has 3 aliphatic heterocycles. The summed E-state index contributed by atoms with van der Waals surface area (Å²) in [6.45, 7) is 1.54.